The topological polar surface area (TPSA) is 24.1 Å². The fourth-order valence-electron chi connectivity index (χ4n) is 1.20. The van der Waals surface area contributed by atoms with E-state index in [1.54, 1.807) is 0 Å². The van der Waals surface area contributed by atoms with Gasteiger partial charge in [-0.15, -0.1) is 0 Å². The molecule has 0 aromatic rings. The molecule has 2 heteroatoms. The highest BCUT2D eigenvalue weighted by Crippen LogP contribution is 1.88. The molecule has 0 saturated carbocycles. The zero-order valence-electron chi connectivity index (χ0n) is 9.86. The van der Waals surface area contributed by atoms with Crippen molar-refractivity contribution in [1.29, 1.82) is 0 Å². The van der Waals surface area contributed by atoms with Crippen LogP contribution < -0.4 is 10.6 Å². The fourth-order valence-corrected chi connectivity index (χ4v) is 1.20. The smallest absolute Gasteiger partial charge is 0.0174 e. The third-order valence-electron chi connectivity index (χ3n) is 2.16. The Morgan fingerprint density at radius 3 is 1.71 bits per heavy atom. The molecule has 0 radical (unpaired) electrons. The highest BCUT2D eigenvalue weighted by Gasteiger charge is 1.93. The van der Waals surface area contributed by atoms with Gasteiger partial charge >= 0.3 is 0 Å². The van der Waals surface area contributed by atoms with Gasteiger partial charge in [0.1, 0.15) is 0 Å². The fraction of sp³-hybridized carbons (Fsp3) is 0.833. The van der Waals surface area contributed by atoms with Gasteiger partial charge in [-0.1, -0.05) is 33.3 Å². The lowest BCUT2D eigenvalue weighted by molar-refractivity contribution is 0.634. The molecule has 0 aliphatic heterocycles. The van der Waals surface area contributed by atoms with Crippen LogP contribution in [0.5, 0.6) is 0 Å². The van der Waals surface area contributed by atoms with Gasteiger partial charge in [0.15, 0.2) is 0 Å². The predicted molar refractivity (Wildman–Crippen MR) is 64.7 cm³/mol. The summed E-state index contributed by atoms with van der Waals surface area (Å²) in [6.07, 6.45) is 5.04. The highest BCUT2D eigenvalue weighted by molar-refractivity contribution is 4.98. The maximum absolute atomic E-state index is 4.02. The van der Waals surface area contributed by atoms with Crippen LogP contribution in [-0.2, 0) is 0 Å². The minimum Gasteiger partial charge on any atom is -0.313 e. The first-order valence-electron chi connectivity index (χ1n) is 5.89. The van der Waals surface area contributed by atoms with E-state index in [1.165, 1.54) is 31.3 Å². The van der Waals surface area contributed by atoms with E-state index in [4.69, 9.17) is 0 Å². The van der Waals surface area contributed by atoms with Gasteiger partial charge in [-0.2, -0.15) is 0 Å². The second-order valence-corrected chi connectivity index (χ2v) is 3.81. The number of hydrogen-bond donors (Lipinski definition) is 2. The molecule has 0 atom stereocenters. The van der Waals surface area contributed by atoms with Gasteiger partial charge in [-0.05, 0) is 31.5 Å². The first-order chi connectivity index (χ1) is 6.81. The van der Waals surface area contributed by atoms with Crippen molar-refractivity contribution < 1.29 is 0 Å². The maximum Gasteiger partial charge on any atom is 0.0174 e. The summed E-state index contributed by atoms with van der Waals surface area (Å²) in [7, 11) is 0. The lowest BCUT2D eigenvalue weighted by Gasteiger charge is -2.08. The molecule has 0 aromatic heterocycles. The Balaban J connectivity index is 3.11. The number of hydrogen-bond acceptors (Lipinski definition) is 2. The molecule has 2 nitrogen and oxygen atoms in total. The molecule has 0 spiro atoms. The largest absolute Gasteiger partial charge is 0.313 e. The normalized spacial score (nSPS) is 10.4. The van der Waals surface area contributed by atoms with Crippen molar-refractivity contribution in [3.8, 4) is 0 Å². The van der Waals surface area contributed by atoms with Crippen molar-refractivity contribution in [3.05, 3.63) is 12.2 Å². The van der Waals surface area contributed by atoms with Gasteiger partial charge in [0.25, 0.3) is 0 Å². The van der Waals surface area contributed by atoms with Crippen LogP contribution in [0.15, 0.2) is 12.2 Å². The summed E-state index contributed by atoms with van der Waals surface area (Å²) in [6.45, 7) is 12.6. The molecule has 0 aliphatic carbocycles. The van der Waals surface area contributed by atoms with Crippen molar-refractivity contribution in [2.45, 2.75) is 39.5 Å². The zero-order valence-corrected chi connectivity index (χ0v) is 9.86. The quantitative estimate of drug-likeness (QED) is 0.416. The van der Waals surface area contributed by atoms with Crippen LogP contribution in [0.3, 0.4) is 0 Å². The van der Waals surface area contributed by atoms with Gasteiger partial charge in [0.05, 0.1) is 0 Å². The Kier molecular flexibility index (Phi) is 10.5. The Bertz CT molecular complexity index is 118. The third-order valence-corrected chi connectivity index (χ3v) is 2.16. The molecule has 0 bridgehead atoms. The van der Waals surface area contributed by atoms with E-state index < -0.39 is 0 Å². The molecule has 0 fully saturated rings. The second-order valence-electron chi connectivity index (χ2n) is 3.81. The van der Waals surface area contributed by atoms with Crippen LogP contribution in [0.1, 0.15) is 39.5 Å². The second kappa shape index (κ2) is 10.7. The van der Waals surface area contributed by atoms with E-state index in [0.717, 1.165) is 26.2 Å². The van der Waals surface area contributed by atoms with Crippen LogP contribution in [0.4, 0.5) is 0 Å². The minimum atomic E-state index is 0.957. The van der Waals surface area contributed by atoms with Gasteiger partial charge < -0.3 is 10.6 Å². The molecular formula is C12H26N2. The summed E-state index contributed by atoms with van der Waals surface area (Å²) >= 11 is 0. The molecule has 84 valence electrons. The molecule has 0 aliphatic rings. The van der Waals surface area contributed by atoms with Crippen LogP contribution in [0.2, 0.25) is 0 Å². The predicted octanol–water partition coefficient (Wildman–Crippen LogP) is 2.32. The van der Waals surface area contributed by atoms with E-state index in [0.29, 0.717) is 0 Å². The Labute approximate surface area is 89.2 Å². The van der Waals surface area contributed by atoms with Gasteiger partial charge in [-0.25, -0.2) is 0 Å². The molecule has 0 amide bonds. The van der Waals surface area contributed by atoms with Crippen molar-refractivity contribution in [2.24, 2.45) is 0 Å². The summed E-state index contributed by atoms with van der Waals surface area (Å²) in [6, 6.07) is 0. The Hall–Kier alpha value is -0.340. The first kappa shape index (κ1) is 13.7. The lowest BCUT2D eigenvalue weighted by Crippen LogP contribution is -2.25. The van der Waals surface area contributed by atoms with Crippen molar-refractivity contribution in [1.82, 2.24) is 10.6 Å². The Morgan fingerprint density at radius 2 is 1.36 bits per heavy atom. The summed E-state index contributed by atoms with van der Waals surface area (Å²) in [5.74, 6) is 0. The van der Waals surface area contributed by atoms with Crippen molar-refractivity contribution >= 4 is 0 Å². The lowest BCUT2D eigenvalue weighted by atomic mass is 10.2. The van der Waals surface area contributed by atoms with Gasteiger partial charge in [-0.3, -0.25) is 0 Å². The van der Waals surface area contributed by atoms with Crippen molar-refractivity contribution in [3.63, 3.8) is 0 Å². The summed E-state index contributed by atoms with van der Waals surface area (Å²) in [5.41, 5.74) is 1.26. The van der Waals surface area contributed by atoms with Gasteiger partial charge in [0, 0.05) is 13.1 Å². The molecule has 0 aromatic carbocycles. The van der Waals surface area contributed by atoms with E-state index in [2.05, 4.69) is 31.1 Å². The maximum atomic E-state index is 4.02. The van der Waals surface area contributed by atoms with Crippen LogP contribution in [-0.4, -0.2) is 26.2 Å². The van der Waals surface area contributed by atoms with E-state index in [9.17, 15) is 0 Å². The molecule has 2 N–H and O–H groups in total. The van der Waals surface area contributed by atoms with Crippen LogP contribution >= 0.6 is 0 Å². The summed E-state index contributed by atoms with van der Waals surface area (Å²) in [5, 5.41) is 6.77. The zero-order chi connectivity index (χ0) is 10.6. The summed E-state index contributed by atoms with van der Waals surface area (Å²) in [4.78, 5) is 0. The molecular weight excluding hydrogens is 172 g/mol. The third kappa shape index (κ3) is 9.75. The minimum absolute atomic E-state index is 0.957. The number of unbranched alkanes of at least 4 members (excludes halogenated alkanes) is 2. The van der Waals surface area contributed by atoms with Gasteiger partial charge in [0.2, 0.25) is 0 Å². The van der Waals surface area contributed by atoms with E-state index in [-0.39, 0.29) is 0 Å². The first-order valence-corrected chi connectivity index (χ1v) is 5.89. The number of nitrogens with one attached hydrogen (secondary N) is 2. The number of rotatable bonds is 10. The molecule has 14 heavy (non-hydrogen) atoms. The average molecular weight is 198 g/mol. The standard InChI is InChI=1S/C12H26N2/c1-4-6-8-13-10-12(3)11-14-9-7-5-2/h13-14H,3-11H2,1-2H3. The van der Waals surface area contributed by atoms with E-state index in [1.807, 2.05) is 0 Å². The summed E-state index contributed by atoms with van der Waals surface area (Å²) < 4.78 is 0. The molecule has 0 heterocycles. The van der Waals surface area contributed by atoms with E-state index >= 15 is 0 Å². The molecule has 0 saturated heterocycles. The van der Waals surface area contributed by atoms with Crippen LogP contribution in [0, 0.1) is 0 Å². The monoisotopic (exact) mass is 198 g/mol. The highest BCUT2D eigenvalue weighted by atomic mass is 14.9. The van der Waals surface area contributed by atoms with Crippen LogP contribution in [0.25, 0.3) is 0 Å². The molecule has 0 unspecified atom stereocenters. The molecule has 0 rings (SSSR count). The Morgan fingerprint density at radius 1 is 0.929 bits per heavy atom. The SMILES string of the molecule is C=C(CNCCCC)CNCCCC. The average Bonchev–Trinajstić information content (AvgIpc) is 2.19. The van der Waals surface area contributed by atoms with Crippen molar-refractivity contribution in [2.75, 3.05) is 26.2 Å².